The quantitative estimate of drug-likeness (QED) is 0.604. The highest BCUT2D eigenvalue weighted by Crippen LogP contribution is 2.32. The summed E-state index contributed by atoms with van der Waals surface area (Å²) < 4.78 is 0. The fraction of sp³-hybridized carbons (Fsp3) is 0.333. The van der Waals surface area contributed by atoms with Crippen LogP contribution >= 0.6 is 11.6 Å². The van der Waals surface area contributed by atoms with Crippen LogP contribution in [0.4, 0.5) is 23.1 Å². The number of carbonyl (C=O) groups excluding carboxylic acids is 1. The lowest BCUT2D eigenvalue weighted by Gasteiger charge is -2.34. The maximum Gasteiger partial charge on any atom is 0.229 e. The van der Waals surface area contributed by atoms with E-state index in [1.165, 1.54) is 5.57 Å². The minimum absolute atomic E-state index is 0.123. The maximum absolute atomic E-state index is 12.1. The van der Waals surface area contributed by atoms with Crippen molar-refractivity contribution in [3.05, 3.63) is 66.6 Å². The van der Waals surface area contributed by atoms with Crippen LogP contribution in [0.1, 0.15) is 25.7 Å². The summed E-state index contributed by atoms with van der Waals surface area (Å²) in [6.07, 6.45) is 14.3. The smallest absolute Gasteiger partial charge is 0.229 e. The van der Waals surface area contributed by atoms with Crippen LogP contribution in [0.5, 0.6) is 0 Å². The van der Waals surface area contributed by atoms with Crippen LogP contribution in [-0.4, -0.2) is 40.5 Å². The van der Waals surface area contributed by atoms with Crippen molar-refractivity contribution in [2.24, 2.45) is 5.92 Å². The molecule has 1 amide bonds. The number of hydrogen-bond donors (Lipinski definition) is 1. The molecule has 0 radical (unpaired) electrons. The highest BCUT2D eigenvalue weighted by Gasteiger charge is 2.25. The van der Waals surface area contributed by atoms with Gasteiger partial charge in [-0.3, -0.25) is 9.78 Å². The first-order valence-electron chi connectivity index (χ1n) is 10.8. The number of allylic oxidation sites excluding steroid dienone is 3. The molecule has 0 spiro atoms. The fourth-order valence-electron chi connectivity index (χ4n) is 4.28. The van der Waals surface area contributed by atoms with Crippen LogP contribution < -0.4 is 15.1 Å². The monoisotopic (exact) mass is 450 g/mol. The van der Waals surface area contributed by atoms with Gasteiger partial charge in [0.15, 0.2) is 5.82 Å². The predicted molar refractivity (Wildman–Crippen MR) is 130 cm³/mol. The summed E-state index contributed by atoms with van der Waals surface area (Å²) in [5, 5.41) is 3.72. The molecule has 2 aromatic rings. The van der Waals surface area contributed by atoms with Gasteiger partial charge in [-0.1, -0.05) is 43.0 Å². The van der Waals surface area contributed by atoms with Crippen molar-refractivity contribution in [1.82, 2.24) is 15.0 Å². The summed E-state index contributed by atoms with van der Waals surface area (Å²) in [7, 11) is 0. The molecular formula is C24H27ClN6O. The van der Waals surface area contributed by atoms with E-state index in [4.69, 9.17) is 16.6 Å². The molecule has 8 heteroatoms. The average molecular weight is 451 g/mol. The van der Waals surface area contributed by atoms with Crippen LogP contribution in [0.3, 0.4) is 0 Å². The Labute approximate surface area is 193 Å². The number of pyridine rings is 1. The Hall–Kier alpha value is -3.19. The van der Waals surface area contributed by atoms with E-state index in [0.717, 1.165) is 43.7 Å². The van der Waals surface area contributed by atoms with Crippen molar-refractivity contribution in [3.63, 3.8) is 0 Å². The van der Waals surface area contributed by atoms with E-state index < -0.39 is 0 Å². The molecule has 7 nitrogen and oxygen atoms in total. The summed E-state index contributed by atoms with van der Waals surface area (Å²) in [5.41, 5.74) is 2.67. The lowest BCUT2D eigenvalue weighted by atomic mass is 9.90. The lowest BCUT2D eigenvalue weighted by molar-refractivity contribution is -0.117. The third kappa shape index (κ3) is 4.83. The third-order valence-corrected chi connectivity index (χ3v) is 6.10. The van der Waals surface area contributed by atoms with Gasteiger partial charge >= 0.3 is 0 Å². The van der Waals surface area contributed by atoms with E-state index in [-0.39, 0.29) is 5.91 Å². The zero-order chi connectivity index (χ0) is 22.5. The lowest BCUT2D eigenvalue weighted by Crippen LogP contribution is -2.36. The summed E-state index contributed by atoms with van der Waals surface area (Å²) in [4.78, 5) is 29.3. The zero-order valence-electron chi connectivity index (χ0n) is 18.0. The van der Waals surface area contributed by atoms with Crippen LogP contribution in [-0.2, 0) is 4.79 Å². The number of rotatable bonds is 7. The van der Waals surface area contributed by atoms with Gasteiger partial charge in [0.1, 0.15) is 5.02 Å². The van der Waals surface area contributed by atoms with Gasteiger partial charge in [0.2, 0.25) is 11.9 Å². The Morgan fingerprint density at radius 3 is 2.84 bits per heavy atom. The number of amides is 1. The highest BCUT2D eigenvalue weighted by molar-refractivity contribution is 6.32. The molecule has 0 bridgehead atoms. The molecule has 0 aromatic carbocycles. The molecule has 2 aliphatic rings. The van der Waals surface area contributed by atoms with Gasteiger partial charge in [-0.2, -0.15) is 4.98 Å². The van der Waals surface area contributed by atoms with Crippen LogP contribution in [0, 0.1) is 5.92 Å². The maximum atomic E-state index is 12.1. The van der Waals surface area contributed by atoms with Crippen molar-refractivity contribution in [2.45, 2.75) is 25.7 Å². The topological polar surface area (TPSA) is 74.2 Å². The highest BCUT2D eigenvalue weighted by atomic mass is 35.5. The Balaban J connectivity index is 1.53. The van der Waals surface area contributed by atoms with Gasteiger partial charge in [0, 0.05) is 32.0 Å². The van der Waals surface area contributed by atoms with E-state index in [1.807, 2.05) is 18.2 Å². The molecule has 166 valence electrons. The predicted octanol–water partition coefficient (Wildman–Crippen LogP) is 4.91. The Kier molecular flexibility index (Phi) is 6.85. The Morgan fingerprint density at radius 1 is 1.22 bits per heavy atom. The number of halogens is 1. The normalized spacial score (nSPS) is 19.2. The van der Waals surface area contributed by atoms with Gasteiger partial charge in [0.25, 0.3) is 0 Å². The SMILES string of the molecule is C=C/C=C(\C=C)C1CCCN(c2nc(Nc3cncc(N4CCCC4=O)c3)ncc2Cl)C1. The molecule has 1 atom stereocenters. The summed E-state index contributed by atoms with van der Waals surface area (Å²) in [5.74, 6) is 1.61. The van der Waals surface area contributed by atoms with Gasteiger partial charge in [-0.05, 0) is 30.9 Å². The molecular weight excluding hydrogens is 424 g/mol. The van der Waals surface area contributed by atoms with E-state index >= 15 is 0 Å². The number of aromatic nitrogens is 3. The summed E-state index contributed by atoms with van der Waals surface area (Å²) in [6, 6.07) is 1.89. The minimum Gasteiger partial charge on any atom is -0.355 e. The third-order valence-electron chi connectivity index (χ3n) is 5.83. The molecule has 0 aliphatic carbocycles. The number of nitrogens with one attached hydrogen (secondary N) is 1. The number of hydrogen-bond acceptors (Lipinski definition) is 6. The van der Waals surface area contributed by atoms with Crippen molar-refractivity contribution >= 4 is 40.6 Å². The number of piperidine rings is 1. The number of nitrogens with zero attached hydrogens (tertiary/aromatic N) is 5. The fourth-order valence-corrected chi connectivity index (χ4v) is 4.49. The molecule has 0 saturated carbocycles. The zero-order valence-corrected chi connectivity index (χ0v) is 18.8. The van der Waals surface area contributed by atoms with Gasteiger partial charge in [-0.15, -0.1) is 0 Å². The van der Waals surface area contributed by atoms with Crippen molar-refractivity contribution in [3.8, 4) is 0 Å². The second kappa shape index (κ2) is 9.96. The van der Waals surface area contributed by atoms with Crippen molar-refractivity contribution in [1.29, 1.82) is 0 Å². The average Bonchev–Trinajstić information content (AvgIpc) is 3.25. The van der Waals surface area contributed by atoms with Gasteiger partial charge in [-0.25, -0.2) is 4.98 Å². The molecule has 2 aromatic heterocycles. The van der Waals surface area contributed by atoms with Gasteiger partial charge in [0.05, 0.1) is 30.0 Å². The second-order valence-electron chi connectivity index (χ2n) is 7.96. The first-order valence-corrected chi connectivity index (χ1v) is 11.2. The van der Waals surface area contributed by atoms with E-state index in [0.29, 0.717) is 35.7 Å². The minimum atomic E-state index is 0.123. The van der Waals surface area contributed by atoms with Crippen LogP contribution in [0.25, 0.3) is 0 Å². The molecule has 2 aliphatic heterocycles. The van der Waals surface area contributed by atoms with Crippen LogP contribution in [0.15, 0.2) is 61.6 Å². The van der Waals surface area contributed by atoms with Gasteiger partial charge < -0.3 is 15.1 Å². The standard InChI is InChI=1S/C24H27ClN6O/c1-3-7-17(4-2)18-8-5-10-30(16-18)23-21(25)15-27-24(29-23)28-19-12-20(14-26-13-19)31-11-6-9-22(31)32/h3-4,7,12-15,18H,1-2,5-6,8-11,16H2,(H,27,28,29)/b17-7+. The van der Waals surface area contributed by atoms with Crippen molar-refractivity contribution in [2.75, 3.05) is 34.8 Å². The summed E-state index contributed by atoms with van der Waals surface area (Å²) in [6.45, 7) is 10.1. The Bertz CT molecular complexity index is 1050. The first kappa shape index (κ1) is 22.0. The molecule has 2 saturated heterocycles. The molecule has 32 heavy (non-hydrogen) atoms. The second-order valence-corrected chi connectivity index (χ2v) is 8.37. The molecule has 4 heterocycles. The Morgan fingerprint density at radius 2 is 2.09 bits per heavy atom. The van der Waals surface area contributed by atoms with E-state index in [2.05, 4.69) is 33.3 Å². The van der Waals surface area contributed by atoms with Crippen molar-refractivity contribution < 1.29 is 4.79 Å². The number of anilines is 4. The van der Waals surface area contributed by atoms with E-state index in [9.17, 15) is 4.79 Å². The molecule has 2 fully saturated rings. The summed E-state index contributed by atoms with van der Waals surface area (Å²) >= 11 is 6.48. The molecule has 1 unspecified atom stereocenters. The number of carbonyl (C=O) groups is 1. The first-order chi connectivity index (χ1) is 15.6. The molecule has 4 rings (SSSR count). The largest absolute Gasteiger partial charge is 0.355 e. The van der Waals surface area contributed by atoms with E-state index in [1.54, 1.807) is 29.6 Å². The molecule has 1 N–H and O–H groups in total. The van der Waals surface area contributed by atoms with Crippen LogP contribution in [0.2, 0.25) is 5.02 Å².